The van der Waals surface area contributed by atoms with Crippen LogP contribution in [0.5, 0.6) is 0 Å². The highest BCUT2D eigenvalue weighted by Crippen LogP contribution is 2.45. The summed E-state index contributed by atoms with van der Waals surface area (Å²) < 4.78 is 0. The Hall–Kier alpha value is -4.63. The van der Waals surface area contributed by atoms with E-state index in [-0.39, 0.29) is 17.2 Å². The van der Waals surface area contributed by atoms with Crippen LogP contribution in [-0.2, 0) is 16.0 Å². The Morgan fingerprint density at radius 2 is 1.81 bits per heavy atom. The van der Waals surface area contributed by atoms with E-state index in [9.17, 15) is 24.3 Å². The van der Waals surface area contributed by atoms with Gasteiger partial charge in [-0.15, -0.1) is 0 Å². The zero-order valence-corrected chi connectivity index (χ0v) is 23.8. The fourth-order valence-electron chi connectivity index (χ4n) is 6.08. The SMILES string of the molecule is CC[C@@H](C)[C@H](NC(=O)c1ccccc1N1C(=O)[C@@H]2Cc3c([nH]c4ccccc34)[C@@H](c3cccc(Cl)c3)N2C1=O)C(=O)O. The number of amides is 4. The fraction of sp³-hybridized carbons (Fsp3) is 0.250. The highest BCUT2D eigenvalue weighted by molar-refractivity contribution is 6.30. The molecule has 1 aromatic heterocycles. The summed E-state index contributed by atoms with van der Waals surface area (Å²) in [6, 6.07) is 18.1. The quantitative estimate of drug-likeness (QED) is 0.246. The second kappa shape index (κ2) is 10.6. The maximum Gasteiger partial charge on any atom is 0.332 e. The number of nitrogens with zero attached hydrogens (tertiary/aromatic N) is 2. The molecule has 0 bridgehead atoms. The predicted molar refractivity (Wildman–Crippen MR) is 159 cm³/mol. The first kappa shape index (κ1) is 27.5. The average molecular weight is 585 g/mol. The monoisotopic (exact) mass is 584 g/mol. The van der Waals surface area contributed by atoms with Crippen molar-refractivity contribution in [1.29, 1.82) is 0 Å². The van der Waals surface area contributed by atoms with Crippen LogP contribution in [0.2, 0.25) is 5.02 Å². The van der Waals surface area contributed by atoms with Gasteiger partial charge in [0.25, 0.3) is 11.8 Å². The number of fused-ring (bicyclic) bond motifs is 4. The van der Waals surface area contributed by atoms with E-state index in [1.165, 1.54) is 12.1 Å². The Bertz CT molecular complexity index is 1750. The number of para-hydroxylation sites is 2. The van der Waals surface area contributed by atoms with Crippen LogP contribution in [0.3, 0.4) is 0 Å². The third-order valence-corrected chi connectivity index (χ3v) is 8.60. The molecule has 1 saturated heterocycles. The summed E-state index contributed by atoms with van der Waals surface area (Å²) >= 11 is 6.38. The number of aromatic amines is 1. The predicted octanol–water partition coefficient (Wildman–Crippen LogP) is 5.53. The molecule has 4 aromatic rings. The Balaban J connectivity index is 1.44. The van der Waals surface area contributed by atoms with E-state index >= 15 is 0 Å². The van der Waals surface area contributed by atoms with Crippen molar-refractivity contribution in [2.24, 2.45) is 5.92 Å². The number of halogens is 1. The van der Waals surface area contributed by atoms with Crippen molar-refractivity contribution in [1.82, 2.24) is 15.2 Å². The van der Waals surface area contributed by atoms with Gasteiger partial charge in [-0.1, -0.05) is 74.3 Å². The number of carboxylic acid groups (broad SMARTS) is 1. The van der Waals surface area contributed by atoms with E-state index in [4.69, 9.17) is 11.6 Å². The zero-order valence-electron chi connectivity index (χ0n) is 23.0. The number of hydrogen-bond acceptors (Lipinski definition) is 4. The van der Waals surface area contributed by atoms with E-state index in [1.54, 1.807) is 42.2 Å². The van der Waals surface area contributed by atoms with Crippen LogP contribution in [0, 0.1) is 5.92 Å². The molecule has 1 fully saturated rings. The summed E-state index contributed by atoms with van der Waals surface area (Å²) in [5.41, 5.74) is 3.55. The van der Waals surface area contributed by atoms with Crippen molar-refractivity contribution < 1.29 is 24.3 Å². The molecule has 3 N–H and O–H groups in total. The third-order valence-electron chi connectivity index (χ3n) is 8.37. The van der Waals surface area contributed by atoms with Crippen molar-refractivity contribution in [3.8, 4) is 0 Å². The second-order valence-electron chi connectivity index (χ2n) is 10.8. The molecular formula is C32H29ClN4O5. The molecule has 0 unspecified atom stereocenters. The Morgan fingerprint density at radius 1 is 1.07 bits per heavy atom. The van der Waals surface area contributed by atoms with E-state index in [1.807, 2.05) is 37.3 Å². The number of hydrogen-bond donors (Lipinski definition) is 3. The summed E-state index contributed by atoms with van der Waals surface area (Å²) in [5.74, 6) is -2.62. The third kappa shape index (κ3) is 4.41. The minimum absolute atomic E-state index is 0.0388. The van der Waals surface area contributed by atoms with E-state index in [0.717, 1.165) is 32.6 Å². The Labute approximate surface area is 247 Å². The minimum Gasteiger partial charge on any atom is -0.480 e. The molecule has 10 heteroatoms. The lowest BCUT2D eigenvalue weighted by molar-refractivity contribution is -0.140. The molecule has 2 aliphatic rings. The maximum absolute atomic E-state index is 14.3. The molecule has 4 amide bonds. The Kier molecular flexibility index (Phi) is 6.98. The number of urea groups is 1. The fourth-order valence-corrected chi connectivity index (χ4v) is 6.28. The number of imide groups is 1. The second-order valence-corrected chi connectivity index (χ2v) is 11.2. The molecule has 2 aliphatic heterocycles. The summed E-state index contributed by atoms with van der Waals surface area (Å²) in [6.07, 6.45) is 0.833. The number of rotatable bonds is 7. The van der Waals surface area contributed by atoms with Crippen LogP contribution in [0.15, 0.2) is 72.8 Å². The summed E-state index contributed by atoms with van der Waals surface area (Å²) in [7, 11) is 0. The average Bonchev–Trinajstić information content (AvgIpc) is 3.48. The molecule has 214 valence electrons. The molecule has 0 radical (unpaired) electrons. The molecule has 42 heavy (non-hydrogen) atoms. The van der Waals surface area contributed by atoms with Crippen molar-refractivity contribution in [3.63, 3.8) is 0 Å². The van der Waals surface area contributed by atoms with Crippen LogP contribution in [0.4, 0.5) is 10.5 Å². The highest BCUT2D eigenvalue weighted by atomic mass is 35.5. The lowest BCUT2D eigenvalue weighted by atomic mass is 9.89. The topological polar surface area (TPSA) is 123 Å². The van der Waals surface area contributed by atoms with Gasteiger partial charge in [0.2, 0.25) is 0 Å². The number of anilines is 1. The molecule has 9 nitrogen and oxygen atoms in total. The zero-order chi connectivity index (χ0) is 29.7. The van der Waals surface area contributed by atoms with E-state index < -0.39 is 41.9 Å². The summed E-state index contributed by atoms with van der Waals surface area (Å²) in [6.45, 7) is 3.58. The van der Waals surface area contributed by atoms with Gasteiger partial charge < -0.3 is 15.4 Å². The largest absolute Gasteiger partial charge is 0.480 e. The van der Waals surface area contributed by atoms with Crippen LogP contribution >= 0.6 is 11.6 Å². The van der Waals surface area contributed by atoms with Crippen LogP contribution in [-0.4, -0.2) is 50.9 Å². The number of nitrogens with one attached hydrogen (secondary N) is 2. The van der Waals surface area contributed by atoms with Crippen LogP contribution in [0.1, 0.15) is 53.5 Å². The van der Waals surface area contributed by atoms with E-state index in [2.05, 4.69) is 10.3 Å². The molecule has 3 aromatic carbocycles. The first-order valence-corrected chi connectivity index (χ1v) is 14.2. The summed E-state index contributed by atoms with van der Waals surface area (Å²) in [5, 5.41) is 13.8. The van der Waals surface area contributed by atoms with Crippen molar-refractivity contribution in [2.45, 2.75) is 44.8 Å². The molecule has 0 spiro atoms. The standard InChI is InChI=1S/C32H29ClN4O5/c1-3-17(2)26(31(40)41)35-29(38)21-12-5-7-14-24(21)37-30(39)25-16-22-20-11-4-6-13-23(20)34-27(22)28(36(25)32(37)42)18-9-8-10-19(33)15-18/h4-15,17,25-26,28,34H,3,16H2,1-2H3,(H,35,38)(H,40,41)/t17-,25+,26+,28-/m1/s1. The molecule has 6 rings (SSSR count). The first-order chi connectivity index (χ1) is 20.2. The molecule has 0 saturated carbocycles. The van der Waals surface area contributed by atoms with Gasteiger partial charge in [0.05, 0.1) is 11.3 Å². The normalized spacial score (nSPS) is 19.4. The number of carboxylic acids is 1. The molecule has 4 atom stereocenters. The summed E-state index contributed by atoms with van der Waals surface area (Å²) in [4.78, 5) is 59.8. The smallest absolute Gasteiger partial charge is 0.332 e. The number of benzene rings is 3. The van der Waals surface area contributed by atoms with Gasteiger partial charge in [-0.05, 0) is 47.4 Å². The van der Waals surface area contributed by atoms with Crippen molar-refractivity contribution in [2.75, 3.05) is 4.90 Å². The highest BCUT2D eigenvalue weighted by Gasteiger charge is 2.53. The number of H-pyrrole nitrogens is 1. The van der Waals surface area contributed by atoms with Gasteiger partial charge >= 0.3 is 12.0 Å². The molecule has 0 aliphatic carbocycles. The Morgan fingerprint density at radius 3 is 2.55 bits per heavy atom. The van der Waals surface area contributed by atoms with Gasteiger partial charge in [0, 0.05) is 28.0 Å². The van der Waals surface area contributed by atoms with Crippen LogP contribution in [0.25, 0.3) is 10.9 Å². The van der Waals surface area contributed by atoms with E-state index in [0.29, 0.717) is 17.9 Å². The maximum atomic E-state index is 14.3. The van der Waals surface area contributed by atoms with Crippen LogP contribution < -0.4 is 10.2 Å². The number of carbonyl (C=O) groups is 4. The number of carbonyl (C=O) groups excluding carboxylic acids is 3. The molecular weight excluding hydrogens is 556 g/mol. The molecule has 3 heterocycles. The van der Waals surface area contributed by atoms with Crippen molar-refractivity contribution >= 4 is 52.0 Å². The van der Waals surface area contributed by atoms with Gasteiger partial charge in [-0.2, -0.15) is 0 Å². The van der Waals surface area contributed by atoms with Gasteiger partial charge in [-0.3, -0.25) is 14.5 Å². The van der Waals surface area contributed by atoms with Gasteiger partial charge in [-0.25, -0.2) is 14.5 Å². The van der Waals surface area contributed by atoms with Gasteiger partial charge in [0.15, 0.2) is 0 Å². The van der Waals surface area contributed by atoms with Crippen molar-refractivity contribution in [3.05, 3.63) is 100 Å². The lowest BCUT2D eigenvalue weighted by Gasteiger charge is -2.36. The lowest BCUT2D eigenvalue weighted by Crippen LogP contribution is -2.45. The minimum atomic E-state index is -1.15. The number of aromatic nitrogens is 1. The van der Waals surface area contributed by atoms with Gasteiger partial charge in [0.1, 0.15) is 18.1 Å². The first-order valence-electron chi connectivity index (χ1n) is 13.8. The number of aliphatic carboxylic acids is 1.